The maximum Gasteiger partial charge on any atom is 0.276 e. The number of aromatic nitrogens is 1. The molecule has 0 unspecified atom stereocenters. The Morgan fingerprint density at radius 1 is 1.36 bits per heavy atom. The Balaban J connectivity index is 1.61. The Labute approximate surface area is 135 Å². The summed E-state index contributed by atoms with van der Waals surface area (Å²) in [5, 5.41) is 1.70. The van der Waals surface area contributed by atoms with Gasteiger partial charge in [-0.15, -0.1) is 0 Å². The summed E-state index contributed by atoms with van der Waals surface area (Å²) in [6, 6.07) is 0. The minimum Gasteiger partial charge on any atom is -0.447 e. The van der Waals surface area contributed by atoms with E-state index >= 15 is 0 Å². The van der Waals surface area contributed by atoms with Crippen LogP contribution in [0.2, 0.25) is 0 Å². The van der Waals surface area contributed by atoms with E-state index in [-0.39, 0.29) is 11.8 Å². The molecule has 1 amide bonds. The second-order valence-electron chi connectivity index (χ2n) is 6.05. The van der Waals surface area contributed by atoms with E-state index in [1.807, 2.05) is 30.5 Å². The fourth-order valence-electron chi connectivity index (χ4n) is 2.71. The molecule has 1 fully saturated rings. The largest absolute Gasteiger partial charge is 0.447 e. The van der Waals surface area contributed by atoms with Crippen LogP contribution in [0.3, 0.4) is 0 Å². The first kappa shape index (κ1) is 15.4. The summed E-state index contributed by atoms with van der Waals surface area (Å²) in [7, 11) is 0. The monoisotopic (exact) mass is 322 g/mol. The number of aliphatic imine (C=N–C) groups is 1. The number of amidine groups is 1. The SMILES string of the molecule is CC(C)c1ocnc1C(=O)N1CCN(C2=NC[C@@H](C)S2)CC1. The van der Waals surface area contributed by atoms with Gasteiger partial charge in [0, 0.05) is 37.3 Å². The van der Waals surface area contributed by atoms with Gasteiger partial charge in [-0.05, 0) is 0 Å². The molecule has 0 bridgehead atoms. The van der Waals surface area contributed by atoms with Gasteiger partial charge >= 0.3 is 0 Å². The molecule has 3 heterocycles. The minimum atomic E-state index is -0.0218. The molecule has 3 rings (SSSR count). The number of piperazine rings is 1. The van der Waals surface area contributed by atoms with Crippen molar-refractivity contribution < 1.29 is 9.21 Å². The standard InChI is InChI=1S/C15H22N4O2S/c1-10(2)13-12(17-9-21-13)14(20)18-4-6-19(7-5-18)15-16-8-11(3)22-15/h9-11H,4-8H2,1-3H3/t11-/m1/s1. The van der Waals surface area contributed by atoms with Crippen LogP contribution >= 0.6 is 11.8 Å². The van der Waals surface area contributed by atoms with Crippen molar-refractivity contribution in [3.8, 4) is 0 Å². The van der Waals surface area contributed by atoms with Crippen LogP contribution in [0.5, 0.6) is 0 Å². The lowest BCUT2D eigenvalue weighted by molar-refractivity contribution is 0.0685. The number of carbonyl (C=O) groups is 1. The molecule has 7 heteroatoms. The molecule has 1 aromatic rings. The summed E-state index contributed by atoms with van der Waals surface area (Å²) < 4.78 is 5.36. The van der Waals surface area contributed by atoms with E-state index in [0.29, 0.717) is 29.8 Å². The summed E-state index contributed by atoms with van der Waals surface area (Å²) in [5.41, 5.74) is 0.463. The van der Waals surface area contributed by atoms with Gasteiger partial charge in [0.15, 0.2) is 17.3 Å². The lowest BCUT2D eigenvalue weighted by atomic mass is 10.1. The van der Waals surface area contributed by atoms with Crippen LogP contribution in [0.15, 0.2) is 15.8 Å². The molecule has 2 aliphatic rings. The van der Waals surface area contributed by atoms with Gasteiger partial charge in [0.05, 0.1) is 6.54 Å². The summed E-state index contributed by atoms with van der Waals surface area (Å²) >= 11 is 1.83. The van der Waals surface area contributed by atoms with Gasteiger partial charge in [0.25, 0.3) is 5.91 Å². The normalized spacial score (nSPS) is 22.4. The van der Waals surface area contributed by atoms with Crippen molar-refractivity contribution in [2.75, 3.05) is 32.7 Å². The topological polar surface area (TPSA) is 61.9 Å². The fourth-order valence-corrected chi connectivity index (χ4v) is 3.70. The maximum atomic E-state index is 12.6. The molecule has 2 aliphatic heterocycles. The number of carbonyl (C=O) groups excluding carboxylic acids is 1. The van der Waals surface area contributed by atoms with Crippen LogP contribution in [0.25, 0.3) is 0 Å². The highest BCUT2D eigenvalue weighted by Crippen LogP contribution is 2.24. The molecule has 0 aromatic carbocycles. The molecule has 22 heavy (non-hydrogen) atoms. The zero-order valence-electron chi connectivity index (χ0n) is 13.3. The lowest BCUT2D eigenvalue weighted by Gasteiger charge is -2.35. The first-order valence-corrected chi connectivity index (χ1v) is 8.63. The Bertz CT molecular complexity index is 576. The number of amides is 1. The molecule has 0 saturated carbocycles. The average molecular weight is 322 g/mol. The second kappa shape index (κ2) is 6.32. The number of nitrogens with zero attached hydrogens (tertiary/aromatic N) is 4. The van der Waals surface area contributed by atoms with E-state index in [9.17, 15) is 4.79 Å². The third-order valence-electron chi connectivity index (χ3n) is 3.95. The fraction of sp³-hybridized carbons (Fsp3) is 0.667. The van der Waals surface area contributed by atoms with Crippen molar-refractivity contribution in [1.29, 1.82) is 0 Å². The van der Waals surface area contributed by atoms with E-state index in [2.05, 4.69) is 21.8 Å². The van der Waals surface area contributed by atoms with Gasteiger partial charge in [0.2, 0.25) is 0 Å². The Morgan fingerprint density at radius 2 is 2.09 bits per heavy atom. The Hall–Kier alpha value is -1.50. The zero-order valence-corrected chi connectivity index (χ0v) is 14.1. The van der Waals surface area contributed by atoms with Crippen LogP contribution in [0.1, 0.15) is 42.9 Å². The number of oxazole rings is 1. The van der Waals surface area contributed by atoms with Gasteiger partial charge < -0.3 is 14.2 Å². The van der Waals surface area contributed by atoms with E-state index in [1.54, 1.807) is 0 Å². The minimum absolute atomic E-state index is 0.0218. The number of rotatable bonds is 2. The highest BCUT2D eigenvalue weighted by Gasteiger charge is 2.29. The van der Waals surface area contributed by atoms with Crippen LogP contribution in [-0.4, -0.2) is 63.8 Å². The van der Waals surface area contributed by atoms with Gasteiger partial charge in [-0.25, -0.2) is 4.98 Å². The Morgan fingerprint density at radius 3 is 2.68 bits per heavy atom. The molecule has 1 atom stereocenters. The van der Waals surface area contributed by atoms with Crippen LogP contribution in [0, 0.1) is 0 Å². The van der Waals surface area contributed by atoms with E-state index < -0.39 is 0 Å². The molecule has 1 saturated heterocycles. The first-order chi connectivity index (χ1) is 10.6. The first-order valence-electron chi connectivity index (χ1n) is 7.75. The average Bonchev–Trinajstić information content (AvgIpc) is 3.15. The van der Waals surface area contributed by atoms with Gasteiger partial charge in [-0.1, -0.05) is 32.5 Å². The zero-order chi connectivity index (χ0) is 15.7. The van der Waals surface area contributed by atoms with Crippen molar-refractivity contribution in [1.82, 2.24) is 14.8 Å². The van der Waals surface area contributed by atoms with Crippen LogP contribution in [0.4, 0.5) is 0 Å². The molecular weight excluding hydrogens is 300 g/mol. The summed E-state index contributed by atoms with van der Waals surface area (Å²) in [6.07, 6.45) is 1.37. The highest BCUT2D eigenvalue weighted by atomic mass is 32.2. The molecule has 6 nitrogen and oxygen atoms in total. The van der Waals surface area contributed by atoms with Gasteiger partial charge in [-0.3, -0.25) is 9.79 Å². The van der Waals surface area contributed by atoms with Crippen molar-refractivity contribution >= 4 is 22.8 Å². The molecule has 0 spiro atoms. The van der Waals surface area contributed by atoms with Crippen molar-refractivity contribution in [3.05, 3.63) is 17.8 Å². The van der Waals surface area contributed by atoms with Crippen molar-refractivity contribution in [2.24, 2.45) is 4.99 Å². The number of hydrogen-bond acceptors (Lipinski definition) is 6. The van der Waals surface area contributed by atoms with E-state index in [0.717, 1.165) is 24.8 Å². The number of thioether (sulfide) groups is 1. The van der Waals surface area contributed by atoms with Crippen LogP contribution in [-0.2, 0) is 0 Å². The summed E-state index contributed by atoms with van der Waals surface area (Å²) in [5.74, 6) is 0.817. The molecule has 0 N–H and O–H groups in total. The number of hydrogen-bond donors (Lipinski definition) is 0. The quantitative estimate of drug-likeness (QED) is 0.834. The maximum absolute atomic E-state index is 12.6. The molecule has 1 aromatic heterocycles. The smallest absolute Gasteiger partial charge is 0.276 e. The predicted octanol–water partition coefficient (Wildman–Crippen LogP) is 2.05. The van der Waals surface area contributed by atoms with E-state index in [1.165, 1.54) is 6.39 Å². The molecule has 0 aliphatic carbocycles. The van der Waals surface area contributed by atoms with Crippen molar-refractivity contribution in [3.63, 3.8) is 0 Å². The van der Waals surface area contributed by atoms with Crippen LogP contribution < -0.4 is 0 Å². The Kier molecular flexibility index (Phi) is 4.42. The molecule has 120 valence electrons. The van der Waals surface area contributed by atoms with Crippen molar-refractivity contribution in [2.45, 2.75) is 31.9 Å². The molecular formula is C15H22N4O2S. The van der Waals surface area contributed by atoms with Gasteiger partial charge in [-0.2, -0.15) is 0 Å². The van der Waals surface area contributed by atoms with E-state index in [4.69, 9.17) is 4.42 Å². The lowest BCUT2D eigenvalue weighted by Crippen LogP contribution is -2.50. The molecule has 0 radical (unpaired) electrons. The highest BCUT2D eigenvalue weighted by molar-refractivity contribution is 8.14. The van der Waals surface area contributed by atoms with Gasteiger partial charge in [0.1, 0.15) is 5.76 Å². The third-order valence-corrected chi connectivity index (χ3v) is 5.10. The second-order valence-corrected chi connectivity index (χ2v) is 7.46. The predicted molar refractivity (Wildman–Crippen MR) is 87.4 cm³/mol. The summed E-state index contributed by atoms with van der Waals surface area (Å²) in [6.45, 7) is 10.2. The third kappa shape index (κ3) is 2.99. The summed E-state index contributed by atoms with van der Waals surface area (Å²) in [4.78, 5) is 25.5.